The Morgan fingerprint density at radius 3 is 2.58 bits per heavy atom. The second-order valence-electron chi connectivity index (χ2n) is 6.42. The normalized spacial score (nSPS) is 31.2. The van der Waals surface area contributed by atoms with Crippen molar-refractivity contribution >= 4 is 0 Å². The lowest BCUT2D eigenvalue weighted by Crippen LogP contribution is -2.43. The number of hydrogen-bond donors (Lipinski definition) is 1. The van der Waals surface area contributed by atoms with E-state index in [0.29, 0.717) is 6.04 Å². The number of nitrogens with zero attached hydrogens (tertiary/aromatic N) is 3. The van der Waals surface area contributed by atoms with Crippen LogP contribution >= 0.6 is 0 Å². The molecule has 3 rings (SSSR count). The van der Waals surface area contributed by atoms with E-state index in [-0.39, 0.29) is 6.04 Å². The van der Waals surface area contributed by atoms with Gasteiger partial charge in [0.25, 0.3) is 0 Å². The average Bonchev–Trinajstić information content (AvgIpc) is 3.15. The van der Waals surface area contributed by atoms with Crippen LogP contribution in [-0.2, 0) is 0 Å². The summed E-state index contributed by atoms with van der Waals surface area (Å²) >= 11 is 0. The largest absolute Gasteiger partial charge is 0.299 e. The van der Waals surface area contributed by atoms with Gasteiger partial charge < -0.3 is 0 Å². The van der Waals surface area contributed by atoms with Crippen molar-refractivity contribution in [2.75, 3.05) is 32.7 Å². The van der Waals surface area contributed by atoms with Gasteiger partial charge in [0.1, 0.15) is 6.04 Å². The Kier molecular flexibility index (Phi) is 4.37. The first kappa shape index (κ1) is 13.4. The highest BCUT2D eigenvalue weighted by Gasteiger charge is 2.31. The quantitative estimate of drug-likeness (QED) is 0.808. The van der Waals surface area contributed by atoms with Crippen LogP contribution in [0.5, 0.6) is 0 Å². The number of rotatable bonds is 5. The van der Waals surface area contributed by atoms with E-state index in [0.717, 1.165) is 12.6 Å². The molecule has 1 N–H and O–H groups in total. The third-order valence-electron chi connectivity index (χ3n) is 4.77. The van der Waals surface area contributed by atoms with E-state index in [2.05, 4.69) is 21.2 Å². The number of likely N-dealkylation sites (tertiary alicyclic amines) is 2. The van der Waals surface area contributed by atoms with Gasteiger partial charge in [-0.05, 0) is 51.7 Å². The lowest BCUT2D eigenvalue weighted by Gasteiger charge is -2.32. The first-order valence-corrected chi connectivity index (χ1v) is 7.97. The highest BCUT2D eigenvalue weighted by atomic mass is 15.3. The first-order valence-electron chi connectivity index (χ1n) is 7.97. The van der Waals surface area contributed by atoms with Crippen molar-refractivity contribution in [3.63, 3.8) is 0 Å². The van der Waals surface area contributed by atoms with E-state index in [4.69, 9.17) is 0 Å². The third-order valence-corrected chi connectivity index (χ3v) is 4.77. The van der Waals surface area contributed by atoms with Crippen molar-refractivity contribution < 1.29 is 0 Å². The molecule has 4 nitrogen and oxygen atoms in total. The summed E-state index contributed by atoms with van der Waals surface area (Å²) in [7, 11) is 0. The predicted octanol–water partition coefficient (Wildman–Crippen LogP) is 1.19. The molecule has 2 unspecified atom stereocenters. The van der Waals surface area contributed by atoms with Crippen LogP contribution in [0.2, 0.25) is 0 Å². The molecule has 0 aromatic carbocycles. The van der Waals surface area contributed by atoms with Gasteiger partial charge in [-0.15, -0.1) is 0 Å². The lowest BCUT2D eigenvalue weighted by atomic mass is 10.1. The Bertz CT molecular complexity index is 328. The first-order chi connectivity index (χ1) is 9.35. The smallest absolute Gasteiger partial charge is 0.108 e. The predicted molar refractivity (Wildman–Crippen MR) is 75.8 cm³/mol. The van der Waals surface area contributed by atoms with Crippen molar-refractivity contribution in [1.82, 2.24) is 15.1 Å². The molecule has 1 aliphatic carbocycles. The van der Waals surface area contributed by atoms with Crippen LogP contribution in [0, 0.1) is 11.3 Å². The van der Waals surface area contributed by atoms with Gasteiger partial charge >= 0.3 is 0 Å². The van der Waals surface area contributed by atoms with E-state index >= 15 is 0 Å². The van der Waals surface area contributed by atoms with E-state index in [9.17, 15) is 5.26 Å². The monoisotopic (exact) mass is 262 g/mol. The van der Waals surface area contributed by atoms with Gasteiger partial charge in [0.2, 0.25) is 0 Å². The van der Waals surface area contributed by atoms with E-state index in [1.165, 1.54) is 64.7 Å². The zero-order valence-electron chi connectivity index (χ0n) is 11.9. The molecule has 0 spiro atoms. The van der Waals surface area contributed by atoms with Crippen LogP contribution in [0.1, 0.15) is 38.5 Å². The summed E-state index contributed by atoms with van der Waals surface area (Å²) < 4.78 is 0. The summed E-state index contributed by atoms with van der Waals surface area (Å²) in [5.74, 6) is 0. The Hall–Kier alpha value is -0.630. The summed E-state index contributed by atoms with van der Waals surface area (Å²) in [6, 6.07) is 3.84. The topological polar surface area (TPSA) is 42.3 Å². The fraction of sp³-hybridized carbons (Fsp3) is 0.933. The molecule has 2 atom stereocenters. The summed E-state index contributed by atoms with van der Waals surface area (Å²) in [4.78, 5) is 5.17. The molecule has 106 valence electrons. The molecule has 0 aromatic rings. The zero-order chi connectivity index (χ0) is 13.1. The van der Waals surface area contributed by atoms with Crippen LogP contribution in [-0.4, -0.2) is 60.6 Å². The van der Waals surface area contributed by atoms with Gasteiger partial charge in [-0.25, -0.2) is 0 Å². The average molecular weight is 262 g/mol. The van der Waals surface area contributed by atoms with Crippen molar-refractivity contribution in [2.24, 2.45) is 0 Å². The van der Waals surface area contributed by atoms with Crippen LogP contribution < -0.4 is 5.32 Å². The minimum absolute atomic E-state index is 0.0348. The standard InChI is InChI=1S/C15H26N4/c16-10-14(17-13-4-5-13)11-18-9-6-15(12-18)19-7-2-1-3-8-19/h13-15,17H,1-9,11-12H2. The second-order valence-corrected chi connectivity index (χ2v) is 6.42. The lowest BCUT2D eigenvalue weighted by molar-refractivity contribution is 0.161. The molecule has 0 radical (unpaired) electrons. The molecule has 0 amide bonds. The summed E-state index contributed by atoms with van der Waals surface area (Å²) in [6.45, 7) is 5.84. The molecule has 4 heteroatoms. The third kappa shape index (κ3) is 3.68. The van der Waals surface area contributed by atoms with Crippen LogP contribution in [0.3, 0.4) is 0 Å². The highest BCUT2D eigenvalue weighted by molar-refractivity contribution is 4.99. The molecule has 19 heavy (non-hydrogen) atoms. The minimum atomic E-state index is 0.0348. The maximum atomic E-state index is 9.23. The Balaban J connectivity index is 1.43. The molecule has 3 aliphatic rings. The van der Waals surface area contributed by atoms with Crippen LogP contribution in [0.4, 0.5) is 0 Å². The van der Waals surface area contributed by atoms with Gasteiger partial charge in [-0.2, -0.15) is 5.26 Å². The highest BCUT2D eigenvalue weighted by Crippen LogP contribution is 2.22. The van der Waals surface area contributed by atoms with Gasteiger partial charge in [-0.3, -0.25) is 15.1 Å². The molecule has 0 aromatic heterocycles. The van der Waals surface area contributed by atoms with Gasteiger partial charge in [0.05, 0.1) is 6.07 Å². The van der Waals surface area contributed by atoms with Crippen molar-refractivity contribution in [3.8, 4) is 6.07 Å². The molecular weight excluding hydrogens is 236 g/mol. The van der Waals surface area contributed by atoms with Gasteiger partial charge in [0.15, 0.2) is 0 Å². The molecular formula is C15H26N4. The van der Waals surface area contributed by atoms with Gasteiger partial charge in [0, 0.05) is 25.2 Å². The van der Waals surface area contributed by atoms with Crippen molar-refractivity contribution in [3.05, 3.63) is 0 Å². The number of piperidine rings is 1. The van der Waals surface area contributed by atoms with Crippen LogP contribution in [0.25, 0.3) is 0 Å². The van der Waals surface area contributed by atoms with E-state index in [1.54, 1.807) is 0 Å². The zero-order valence-corrected chi connectivity index (χ0v) is 11.9. The fourth-order valence-electron chi connectivity index (χ4n) is 3.48. The summed E-state index contributed by atoms with van der Waals surface area (Å²) in [5.41, 5.74) is 0. The number of nitriles is 1. The van der Waals surface area contributed by atoms with E-state index in [1.807, 2.05) is 0 Å². The van der Waals surface area contributed by atoms with Crippen molar-refractivity contribution in [2.45, 2.75) is 56.7 Å². The Labute approximate surface area is 116 Å². The Morgan fingerprint density at radius 1 is 1.11 bits per heavy atom. The SMILES string of the molecule is N#CC(CN1CCC(N2CCCCC2)C1)NC1CC1. The molecule has 3 fully saturated rings. The minimum Gasteiger partial charge on any atom is -0.299 e. The molecule has 1 saturated carbocycles. The van der Waals surface area contributed by atoms with Crippen LogP contribution in [0.15, 0.2) is 0 Å². The van der Waals surface area contributed by atoms with Crippen molar-refractivity contribution in [1.29, 1.82) is 5.26 Å². The second kappa shape index (κ2) is 6.21. The molecule has 2 heterocycles. The summed E-state index contributed by atoms with van der Waals surface area (Å²) in [5, 5.41) is 12.7. The fourth-order valence-corrected chi connectivity index (χ4v) is 3.48. The summed E-state index contributed by atoms with van der Waals surface area (Å²) in [6.07, 6.45) is 7.97. The van der Waals surface area contributed by atoms with Gasteiger partial charge in [-0.1, -0.05) is 6.42 Å². The maximum absolute atomic E-state index is 9.23. The Morgan fingerprint density at radius 2 is 1.89 bits per heavy atom. The molecule has 0 bridgehead atoms. The number of hydrogen-bond acceptors (Lipinski definition) is 4. The number of nitrogens with one attached hydrogen (secondary N) is 1. The maximum Gasteiger partial charge on any atom is 0.108 e. The van der Waals surface area contributed by atoms with E-state index < -0.39 is 0 Å². The molecule has 2 saturated heterocycles. The molecule has 2 aliphatic heterocycles.